The zero-order chi connectivity index (χ0) is 16.1. The van der Waals surface area contributed by atoms with Gasteiger partial charge in [0, 0.05) is 19.3 Å². The van der Waals surface area contributed by atoms with Crippen molar-refractivity contribution in [3.05, 3.63) is 42.0 Å². The summed E-state index contributed by atoms with van der Waals surface area (Å²) in [7, 11) is 1.79. The van der Waals surface area contributed by atoms with Crippen molar-refractivity contribution in [2.75, 3.05) is 19.8 Å². The molecule has 0 N–H and O–H groups in total. The van der Waals surface area contributed by atoms with E-state index >= 15 is 0 Å². The third-order valence-corrected chi connectivity index (χ3v) is 4.06. The fourth-order valence-electron chi connectivity index (χ4n) is 2.16. The highest BCUT2D eigenvalue weighted by molar-refractivity contribution is 7.98. The molecule has 0 saturated carbocycles. The Morgan fingerprint density at radius 1 is 1.36 bits per heavy atom. The molecule has 4 nitrogen and oxygen atoms in total. The lowest BCUT2D eigenvalue weighted by Gasteiger charge is -2.18. The van der Waals surface area contributed by atoms with E-state index in [1.54, 1.807) is 34.8 Å². The molecule has 2 aromatic rings. The van der Waals surface area contributed by atoms with Gasteiger partial charge in [-0.2, -0.15) is 0 Å². The van der Waals surface area contributed by atoms with Gasteiger partial charge in [-0.05, 0) is 36.9 Å². The van der Waals surface area contributed by atoms with Crippen LogP contribution in [0.1, 0.15) is 30.3 Å². The zero-order valence-corrected chi connectivity index (χ0v) is 13.9. The summed E-state index contributed by atoms with van der Waals surface area (Å²) in [4.78, 5) is 18.6. The standard InChI is InChI=1S/C16H20FN3OS/c1-4-5-10-19(2)15(21)14-11-18-16(22-3)20(14)13-8-6-12(17)7-9-13/h6-9,11H,4-5,10H2,1-3H3. The number of thioether (sulfide) groups is 1. The van der Waals surface area contributed by atoms with Crippen molar-refractivity contribution in [2.24, 2.45) is 0 Å². The highest BCUT2D eigenvalue weighted by Crippen LogP contribution is 2.22. The van der Waals surface area contributed by atoms with E-state index in [1.807, 2.05) is 6.26 Å². The lowest BCUT2D eigenvalue weighted by Crippen LogP contribution is -2.29. The lowest BCUT2D eigenvalue weighted by atomic mass is 10.2. The largest absolute Gasteiger partial charge is 0.340 e. The minimum Gasteiger partial charge on any atom is -0.340 e. The first-order valence-corrected chi connectivity index (χ1v) is 8.44. The maximum absolute atomic E-state index is 13.1. The lowest BCUT2D eigenvalue weighted by molar-refractivity contribution is 0.0784. The van der Waals surface area contributed by atoms with E-state index in [9.17, 15) is 9.18 Å². The topological polar surface area (TPSA) is 38.1 Å². The van der Waals surface area contributed by atoms with Crippen LogP contribution in [0, 0.1) is 5.82 Å². The fraction of sp³-hybridized carbons (Fsp3) is 0.375. The molecule has 1 heterocycles. The monoisotopic (exact) mass is 321 g/mol. The summed E-state index contributed by atoms with van der Waals surface area (Å²) in [6, 6.07) is 6.07. The molecule has 0 aliphatic carbocycles. The molecule has 0 bridgehead atoms. The molecule has 0 atom stereocenters. The second kappa shape index (κ2) is 7.45. The molecule has 0 spiro atoms. The van der Waals surface area contributed by atoms with Gasteiger partial charge < -0.3 is 4.90 Å². The number of imidazole rings is 1. The Morgan fingerprint density at radius 2 is 2.05 bits per heavy atom. The molecule has 1 amide bonds. The molecule has 2 rings (SSSR count). The first-order chi connectivity index (χ1) is 10.6. The number of rotatable bonds is 6. The van der Waals surface area contributed by atoms with Gasteiger partial charge in [0.05, 0.1) is 6.20 Å². The average Bonchev–Trinajstić information content (AvgIpc) is 2.96. The third kappa shape index (κ3) is 3.50. The van der Waals surface area contributed by atoms with Crippen LogP contribution in [0.25, 0.3) is 5.69 Å². The Morgan fingerprint density at radius 3 is 2.64 bits per heavy atom. The minimum atomic E-state index is -0.303. The van der Waals surface area contributed by atoms with Crippen LogP contribution in [-0.2, 0) is 0 Å². The van der Waals surface area contributed by atoms with E-state index < -0.39 is 0 Å². The van der Waals surface area contributed by atoms with Gasteiger partial charge in [-0.25, -0.2) is 9.37 Å². The summed E-state index contributed by atoms with van der Waals surface area (Å²) in [6.07, 6.45) is 5.48. The molecule has 1 aromatic heterocycles. The van der Waals surface area contributed by atoms with Crippen LogP contribution in [0.3, 0.4) is 0 Å². The Hall–Kier alpha value is -1.82. The smallest absolute Gasteiger partial charge is 0.272 e. The van der Waals surface area contributed by atoms with Gasteiger partial charge >= 0.3 is 0 Å². The van der Waals surface area contributed by atoms with Crippen molar-refractivity contribution in [1.82, 2.24) is 14.5 Å². The molecule has 0 radical (unpaired) electrons. The summed E-state index contributed by atoms with van der Waals surface area (Å²) in [5, 5.41) is 0.707. The highest BCUT2D eigenvalue weighted by Gasteiger charge is 2.20. The van der Waals surface area contributed by atoms with Crippen LogP contribution in [-0.4, -0.2) is 40.2 Å². The van der Waals surface area contributed by atoms with Crippen LogP contribution >= 0.6 is 11.8 Å². The number of nitrogens with zero attached hydrogens (tertiary/aromatic N) is 3. The van der Waals surface area contributed by atoms with Crippen LogP contribution in [0.2, 0.25) is 0 Å². The van der Waals surface area contributed by atoms with E-state index in [4.69, 9.17) is 0 Å². The summed E-state index contributed by atoms with van der Waals surface area (Å²) in [5.74, 6) is -0.381. The molecule has 0 aliphatic heterocycles. The maximum Gasteiger partial charge on any atom is 0.272 e. The second-order valence-electron chi connectivity index (χ2n) is 5.02. The summed E-state index contributed by atoms with van der Waals surface area (Å²) in [6.45, 7) is 2.80. The van der Waals surface area contributed by atoms with Gasteiger partial charge in [-0.15, -0.1) is 0 Å². The molecule has 0 saturated heterocycles. The Bertz CT molecular complexity index is 639. The van der Waals surface area contributed by atoms with Crippen molar-refractivity contribution in [2.45, 2.75) is 24.9 Å². The third-order valence-electron chi connectivity index (χ3n) is 3.41. The normalized spacial score (nSPS) is 10.7. The summed E-state index contributed by atoms with van der Waals surface area (Å²) < 4.78 is 14.9. The molecular weight excluding hydrogens is 301 g/mol. The fourth-order valence-corrected chi connectivity index (χ4v) is 2.71. The van der Waals surface area contributed by atoms with Crippen molar-refractivity contribution in [3.8, 4) is 5.69 Å². The maximum atomic E-state index is 13.1. The molecule has 1 aromatic carbocycles. The molecule has 0 unspecified atom stereocenters. The van der Waals surface area contributed by atoms with Crippen molar-refractivity contribution < 1.29 is 9.18 Å². The van der Waals surface area contributed by atoms with Crippen molar-refractivity contribution in [1.29, 1.82) is 0 Å². The van der Waals surface area contributed by atoms with Crippen LogP contribution in [0.5, 0.6) is 0 Å². The number of carbonyl (C=O) groups excluding carboxylic acids is 1. The highest BCUT2D eigenvalue weighted by atomic mass is 32.2. The first-order valence-electron chi connectivity index (χ1n) is 7.21. The predicted molar refractivity (Wildman–Crippen MR) is 87.2 cm³/mol. The van der Waals surface area contributed by atoms with Crippen molar-refractivity contribution in [3.63, 3.8) is 0 Å². The quantitative estimate of drug-likeness (QED) is 0.763. The second-order valence-corrected chi connectivity index (χ2v) is 5.80. The zero-order valence-electron chi connectivity index (χ0n) is 13.0. The van der Waals surface area contributed by atoms with Gasteiger partial charge in [0.25, 0.3) is 5.91 Å². The SMILES string of the molecule is CCCCN(C)C(=O)c1cnc(SC)n1-c1ccc(F)cc1. The number of amides is 1. The minimum absolute atomic E-state index is 0.0782. The number of hydrogen-bond acceptors (Lipinski definition) is 3. The van der Waals surface area contributed by atoms with Crippen LogP contribution in [0.15, 0.2) is 35.6 Å². The number of unbranched alkanes of at least 4 members (excludes halogenated alkanes) is 1. The predicted octanol–water partition coefficient (Wildman–Crippen LogP) is 3.61. The number of benzene rings is 1. The van der Waals surface area contributed by atoms with Gasteiger partial charge in [0.2, 0.25) is 0 Å². The van der Waals surface area contributed by atoms with Crippen molar-refractivity contribution >= 4 is 17.7 Å². The van der Waals surface area contributed by atoms with E-state index in [1.165, 1.54) is 23.9 Å². The van der Waals surface area contributed by atoms with Gasteiger partial charge in [-0.1, -0.05) is 25.1 Å². The number of aromatic nitrogens is 2. The summed E-state index contributed by atoms with van der Waals surface area (Å²) in [5.41, 5.74) is 1.23. The molecule has 22 heavy (non-hydrogen) atoms. The number of hydrogen-bond donors (Lipinski definition) is 0. The van der Waals surface area contributed by atoms with Gasteiger partial charge in [0.1, 0.15) is 11.5 Å². The Kier molecular flexibility index (Phi) is 5.60. The molecule has 118 valence electrons. The molecule has 0 fully saturated rings. The van der Waals surface area contributed by atoms with E-state index in [-0.39, 0.29) is 11.7 Å². The molecule has 6 heteroatoms. The van der Waals surface area contributed by atoms with Gasteiger partial charge in [-0.3, -0.25) is 9.36 Å². The van der Waals surface area contributed by atoms with Crippen LogP contribution in [0.4, 0.5) is 4.39 Å². The number of halogens is 1. The Labute approximate surface area is 134 Å². The Balaban J connectivity index is 2.38. The van der Waals surface area contributed by atoms with E-state index in [0.717, 1.165) is 18.5 Å². The average molecular weight is 321 g/mol. The first kappa shape index (κ1) is 16.5. The van der Waals surface area contributed by atoms with Crippen LogP contribution < -0.4 is 0 Å². The molecule has 0 aliphatic rings. The van der Waals surface area contributed by atoms with E-state index in [0.29, 0.717) is 17.4 Å². The number of carbonyl (C=O) groups is 1. The van der Waals surface area contributed by atoms with Gasteiger partial charge in [0.15, 0.2) is 5.16 Å². The summed E-state index contributed by atoms with van der Waals surface area (Å²) >= 11 is 1.45. The molecular formula is C16H20FN3OS. The van der Waals surface area contributed by atoms with E-state index in [2.05, 4.69) is 11.9 Å².